The van der Waals surface area contributed by atoms with Crippen molar-refractivity contribution in [1.29, 1.82) is 0 Å². The molecule has 0 bridgehead atoms. The summed E-state index contributed by atoms with van der Waals surface area (Å²) in [6, 6.07) is 8.20. The maximum absolute atomic E-state index is 12.6. The predicted molar refractivity (Wildman–Crippen MR) is 108 cm³/mol. The Labute approximate surface area is 164 Å². The third kappa shape index (κ3) is 3.87. The molecule has 1 aromatic heterocycles. The highest BCUT2D eigenvalue weighted by Crippen LogP contribution is 2.25. The predicted octanol–water partition coefficient (Wildman–Crippen LogP) is 2.10. The summed E-state index contributed by atoms with van der Waals surface area (Å²) in [5, 5.41) is 1.06. The number of aryl methyl sites for hydroxylation is 1. The van der Waals surface area contributed by atoms with Gasteiger partial charge in [0.25, 0.3) is 5.56 Å². The first-order chi connectivity index (χ1) is 13.5. The van der Waals surface area contributed by atoms with Crippen LogP contribution in [0.1, 0.15) is 37.3 Å². The fourth-order valence-electron chi connectivity index (χ4n) is 4.32. The number of benzene rings is 1. The van der Waals surface area contributed by atoms with Crippen molar-refractivity contribution >= 4 is 22.6 Å². The minimum Gasteiger partial charge on any atom is -0.340 e. The quantitative estimate of drug-likeness (QED) is 0.880. The van der Waals surface area contributed by atoms with Gasteiger partial charge in [-0.3, -0.25) is 19.3 Å². The van der Waals surface area contributed by atoms with Crippen LogP contribution in [0.15, 0.2) is 29.1 Å². The maximum Gasteiger partial charge on any atom is 0.251 e. The van der Waals surface area contributed by atoms with Crippen LogP contribution in [0.5, 0.6) is 0 Å². The minimum atomic E-state index is -0.0932. The molecule has 1 aliphatic heterocycles. The van der Waals surface area contributed by atoms with Gasteiger partial charge in [0.2, 0.25) is 5.91 Å². The van der Waals surface area contributed by atoms with Gasteiger partial charge in [0.15, 0.2) is 0 Å². The van der Waals surface area contributed by atoms with E-state index in [1.165, 1.54) is 0 Å². The molecule has 4 rings (SSSR count). The van der Waals surface area contributed by atoms with Crippen molar-refractivity contribution < 1.29 is 9.59 Å². The van der Waals surface area contributed by atoms with E-state index in [9.17, 15) is 14.4 Å². The van der Waals surface area contributed by atoms with Crippen LogP contribution in [0.2, 0.25) is 0 Å². The smallest absolute Gasteiger partial charge is 0.251 e. The zero-order valence-electron chi connectivity index (χ0n) is 16.4. The Morgan fingerprint density at radius 3 is 2.61 bits per heavy atom. The van der Waals surface area contributed by atoms with Crippen LogP contribution in [0, 0.1) is 5.92 Å². The molecule has 2 fully saturated rings. The van der Waals surface area contributed by atoms with E-state index in [0.717, 1.165) is 48.1 Å². The molecule has 1 aromatic carbocycles. The molecule has 1 aliphatic carbocycles. The number of carbonyl (C=O) groups excluding carboxylic acids is 2. The number of hydrogen-bond acceptors (Lipinski definition) is 4. The number of H-pyrrole nitrogens is 1. The topological polar surface area (TPSA) is 73.5 Å². The van der Waals surface area contributed by atoms with Gasteiger partial charge in [-0.25, -0.2) is 0 Å². The molecular formula is C22H27N3O3. The molecule has 0 spiro atoms. The zero-order chi connectivity index (χ0) is 19.7. The molecule has 0 radical (unpaired) electrons. The Balaban J connectivity index is 1.37. The lowest BCUT2D eigenvalue weighted by Gasteiger charge is -2.36. The molecule has 6 nitrogen and oxygen atoms in total. The van der Waals surface area contributed by atoms with Crippen LogP contribution in [0.3, 0.4) is 0 Å². The number of pyridine rings is 1. The average molecular weight is 381 g/mol. The van der Waals surface area contributed by atoms with Crippen LogP contribution >= 0.6 is 0 Å². The number of piperazine rings is 1. The van der Waals surface area contributed by atoms with Crippen molar-refractivity contribution in [1.82, 2.24) is 14.8 Å². The maximum atomic E-state index is 12.6. The van der Waals surface area contributed by atoms with Crippen molar-refractivity contribution in [3.8, 4) is 0 Å². The lowest BCUT2D eigenvalue weighted by molar-refractivity contribution is -0.137. The van der Waals surface area contributed by atoms with Crippen molar-refractivity contribution in [2.24, 2.45) is 5.92 Å². The van der Waals surface area contributed by atoms with Crippen molar-refractivity contribution in [2.75, 3.05) is 26.2 Å². The van der Waals surface area contributed by atoms with E-state index in [0.29, 0.717) is 32.4 Å². The van der Waals surface area contributed by atoms with E-state index in [2.05, 4.69) is 28.1 Å². The summed E-state index contributed by atoms with van der Waals surface area (Å²) in [4.78, 5) is 43.3. The molecule has 2 heterocycles. The first kappa shape index (κ1) is 18.9. The van der Waals surface area contributed by atoms with E-state index in [-0.39, 0.29) is 23.2 Å². The van der Waals surface area contributed by atoms with Gasteiger partial charge in [0.05, 0.1) is 0 Å². The SMILES string of the molecule is CCc1cc2ccc(CN3CCN(C(=O)[C@H]4CCC(=O)C4)CC3)cc2[nH]c1=O. The molecule has 1 saturated heterocycles. The second-order valence-electron chi connectivity index (χ2n) is 7.98. The summed E-state index contributed by atoms with van der Waals surface area (Å²) < 4.78 is 0. The van der Waals surface area contributed by atoms with E-state index < -0.39 is 0 Å². The van der Waals surface area contributed by atoms with E-state index in [4.69, 9.17) is 0 Å². The fraction of sp³-hybridized carbons (Fsp3) is 0.500. The molecule has 1 saturated carbocycles. The highest BCUT2D eigenvalue weighted by molar-refractivity contribution is 5.90. The molecule has 1 amide bonds. The third-order valence-electron chi connectivity index (χ3n) is 6.05. The highest BCUT2D eigenvalue weighted by atomic mass is 16.2. The largest absolute Gasteiger partial charge is 0.340 e. The number of nitrogens with zero attached hydrogens (tertiary/aromatic N) is 2. The van der Waals surface area contributed by atoms with Crippen molar-refractivity contribution in [3.05, 3.63) is 45.7 Å². The molecule has 2 aliphatic rings. The van der Waals surface area contributed by atoms with Crippen LogP contribution in [-0.2, 0) is 22.6 Å². The number of ketones is 1. The number of amides is 1. The molecule has 1 N–H and O–H groups in total. The third-order valence-corrected chi connectivity index (χ3v) is 6.05. The Morgan fingerprint density at radius 1 is 1.14 bits per heavy atom. The number of rotatable bonds is 4. The van der Waals surface area contributed by atoms with Crippen molar-refractivity contribution in [3.63, 3.8) is 0 Å². The lowest BCUT2D eigenvalue weighted by Crippen LogP contribution is -2.49. The average Bonchev–Trinajstić information content (AvgIpc) is 3.14. The number of aromatic nitrogens is 1. The summed E-state index contributed by atoms with van der Waals surface area (Å²) in [6.45, 7) is 5.88. The molecule has 2 aromatic rings. The van der Waals surface area contributed by atoms with Crippen molar-refractivity contribution in [2.45, 2.75) is 39.2 Å². The summed E-state index contributed by atoms with van der Waals surface area (Å²) in [6.07, 6.45) is 2.42. The number of carbonyl (C=O) groups is 2. The number of Topliss-reactive ketones (excluding diaryl/α,β-unsaturated/α-hetero) is 1. The van der Waals surface area contributed by atoms with Gasteiger partial charge in [0, 0.05) is 62.6 Å². The van der Waals surface area contributed by atoms with Gasteiger partial charge in [-0.2, -0.15) is 0 Å². The van der Waals surface area contributed by atoms with E-state index in [1.807, 2.05) is 17.9 Å². The summed E-state index contributed by atoms with van der Waals surface area (Å²) in [5.41, 5.74) is 2.84. The van der Waals surface area contributed by atoms with Crippen LogP contribution in [0.25, 0.3) is 10.9 Å². The molecule has 6 heteroatoms. The van der Waals surface area contributed by atoms with Gasteiger partial charge < -0.3 is 9.88 Å². The first-order valence-corrected chi connectivity index (χ1v) is 10.2. The first-order valence-electron chi connectivity index (χ1n) is 10.2. The Kier molecular flexibility index (Phi) is 5.31. The van der Waals surface area contributed by atoms with E-state index >= 15 is 0 Å². The normalized spacial score (nSPS) is 20.8. The number of hydrogen-bond donors (Lipinski definition) is 1. The van der Waals surface area contributed by atoms with Gasteiger partial charge in [-0.15, -0.1) is 0 Å². The standard InChI is InChI=1S/C22H27N3O3/c1-2-16-12-17-4-3-15(11-20(17)23-21(16)27)14-24-7-9-25(10-8-24)22(28)18-5-6-19(26)13-18/h3-4,11-12,18H,2,5-10,13-14H2,1H3,(H,23,27)/t18-/m0/s1. The van der Waals surface area contributed by atoms with Gasteiger partial charge in [0.1, 0.15) is 5.78 Å². The summed E-state index contributed by atoms with van der Waals surface area (Å²) >= 11 is 0. The van der Waals surface area contributed by atoms with Crippen LogP contribution < -0.4 is 5.56 Å². The van der Waals surface area contributed by atoms with Gasteiger partial charge in [-0.1, -0.05) is 19.1 Å². The van der Waals surface area contributed by atoms with Crippen LogP contribution in [-0.4, -0.2) is 52.7 Å². The molecule has 148 valence electrons. The highest BCUT2D eigenvalue weighted by Gasteiger charge is 2.32. The molecule has 1 atom stereocenters. The van der Waals surface area contributed by atoms with Gasteiger partial charge in [-0.05, 0) is 35.9 Å². The second-order valence-corrected chi connectivity index (χ2v) is 7.98. The monoisotopic (exact) mass is 381 g/mol. The number of nitrogens with one attached hydrogen (secondary N) is 1. The van der Waals surface area contributed by atoms with E-state index in [1.54, 1.807) is 0 Å². The number of aromatic amines is 1. The Hall–Kier alpha value is -2.47. The minimum absolute atomic E-state index is 0.00956. The number of fused-ring (bicyclic) bond motifs is 1. The Morgan fingerprint density at radius 2 is 1.93 bits per heavy atom. The molecule has 28 heavy (non-hydrogen) atoms. The molecular weight excluding hydrogens is 354 g/mol. The summed E-state index contributed by atoms with van der Waals surface area (Å²) in [5.74, 6) is 0.280. The van der Waals surface area contributed by atoms with Gasteiger partial charge >= 0.3 is 0 Å². The second kappa shape index (κ2) is 7.87. The Bertz CT molecular complexity index is 957. The fourth-order valence-corrected chi connectivity index (χ4v) is 4.32. The summed E-state index contributed by atoms with van der Waals surface area (Å²) in [7, 11) is 0. The lowest BCUT2D eigenvalue weighted by atomic mass is 10.1. The molecule has 0 unspecified atom stereocenters. The zero-order valence-corrected chi connectivity index (χ0v) is 16.4. The van der Waals surface area contributed by atoms with Crippen LogP contribution in [0.4, 0.5) is 0 Å².